The normalized spacial score (nSPS) is 13.7. The summed E-state index contributed by atoms with van der Waals surface area (Å²) in [6.07, 6.45) is 0. The van der Waals surface area contributed by atoms with Crippen LogP contribution in [0.25, 0.3) is 5.57 Å². The highest BCUT2D eigenvalue weighted by molar-refractivity contribution is 6.46. The largest absolute Gasteiger partial charge is 0.495 e. The van der Waals surface area contributed by atoms with E-state index in [1.165, 1.54) is 12.0 Å². The molecule has 0 atom stereocenters. The smallest absolute Gasteiger partial charge is 0.282 e. The van der Waals surface area contributed by atoms with Crippen LogP contribution in [0.15, 0.2) is 60.3 Å². The van der Waals surface area contributed by atoms with Crippen molar-refractivity contribution < 1.29 is 14.3 Å². The summed E-state index contributed by atoms with van der Waals surface area (Å²) in [6.45, 7) is 7.73. The number of nitrogens with one attached hydrogen (secondary N) is 1. The van der Waals surface area contributed by atoms with Gasteiger partial charge in [0, 0.05) is 10.7 Å². The molecule has 6 heteroatoms. The van der Waals surface area contributed by atoms with Crippen molar-refractivity contribution >= 4 is 40.4 Å². The van der Waals surface area contributed by atoms with Crippen LogP contribution in [0.2, 0.25) is 5.02 Å². The van der Waals surface area contributed by atoms with Crippen LogP contribution in [-0.4, -0.2) is 18.9 Å². The highest BCUT2D eigenvalue weighted by Gasteiger charge is 2.42. The highest BCUT2D eigenvalue weighted by Crippen LogP contribution is 2.39. The Morgan fingerprint density at radius 3 is 2.18 bits per heavy atom. The Labute approximate surface area is 198 Å². The molecule has 1 heterocycles. The van der Waals surface area contributed by atoms with Gasteiger partial charge in [-0.05, 0) is 74.2 Å². The second kappa shape index (κ2) is 8.75. The summed E-state index contributed by atoms with van der Waals surface area (Å²) in [6, 6.07) is 16.7. The van der Waals surface area contributed by atoms with Gasteiger partial charge in [0.15, 0.2) is 0 Å². The molecule has 0 bridgehead atoms. The minimum Gasteiger partial charge on any atom is -0.495 e. The van der Waals surface area contributed by atoms with E-state index in [0.29, 0.717) is 33.3 Å². The van der Waals surface area contributed by atoms with E-state index in [1.807, 2.05) is 64.1 Å². The number of rotatable bonds is 5. The number of amides is 2. The fourth-order valence-corrected chi connectivity index (χ4v) is 4.18. The van der Waals surface area contributed by atoms with E-state index < -0.39 is 11.8 Å². The Hall–Kier alpha value is -3.57. The molecule has 3 aromatic rings. The Bertz CT molecular complexity index is 1330. The van der Waals surface area contributed by atoms with Crippen LogP contribution in [0.1, 0.15) is 27.8 Å². The third kappa shape index (κ3) is 4.12. The molecule has 0 saturated heterocycles. The zero-order valence-corrected chi connectivity index (χ0v) is 20.0. The molecule has 5 nitrogen and oxygen atoms in total. The summed E-state index contributed by atoms with van der Waals surface area (Å²) in [5, 5.41) is 3.75. The number of aryl methyl sites for hydroxylation is 4. The Morgan fingerprint density at radius 1 is 0.818 bits per heavy atom. The van der Waals surface area contributed by atoms with Gasteiger partial charge in [0.25, 0.3) is 11.8 Å². The number of hydrogen-bond acceptors (Lipinski definition) is 4. The first-order valence-electron chi connectivity index (χ1n) is 10.6. The zero-order valence-electron chi connectivity index (χ0n) is 19.2. The van der Waals surface area contributed by atoms with Crippen LogP contribution in [0, 0.1) is 27.7 Å². The third-order valence-electron chi connectivity index (χ3n) is 5.75. The molecule has 0 spiro atoms. The first kappa shape index (κ1) is 22.6. The standard InChI is InChI=1S/C27H25ClN2O3/c1-15-6-10-20(18(4)12-15)24-25(29-19-9-8-17(3)21(28)14-19)27(32)30(26(24)31)22-13-16(2)7-11-23(22)33-5/h6-14,29H,1-5H3. The first-order valence-corrected chi connectivity index (χ1v) is 11.0. The first-order chi connectivity index (χ1) is 15.7. The molecule has 1 aliphatic rings. The average molecular weight is 461 g/mol. The minimum absolute atomic E-state index is 0.204. The van der Waals surface area contributed by atoms with Crippen molar-refractivity contribution in [3.63, 3.8) is 0 Å². The van der Waals surface area contributed by atoms with Crippen LogP contribution in [0.5, 0.6) is 5.75 Å². The number of ether oxygens (including phenoxy) is 1. The fraction of sp³-hybridized carbons (Fsp3) is 0.185. The average Bonchev–Trinajstić information content (AvgIpc) is 3.00. The third-order valence-corrected chi connectivity index (χ3v) is 6.16. The van der Waals surface area contributed by atoms with Gasteiger partial charge >= 0.3 is 0 Å². The van der Waals surface area contributed by atoms with Crippen molar-refractivity contribution in [2.45, 2.75) is 27.7 Å². The molecule has 0 fully saturated rings. The van der Waals surface area contributed by atoms with Crippen molar-refractivity contribution in [3.8, 4) is 5.75 Å². The van der Waals surface area contributed by atoms with Gasteiger partial charge < -0.3 is 10.1 Å². The van der Waals surface area contributed by atoms with Gasteiger partial charge in [-0.3, -0.25) is 9.59 Å². The summed E-state index contributed by atoms with van der Waals surface area (Å²) in [5.74, 6) is -0.408. The molecule has 0 aromatic heterocycles. The maximum Gasteiger partial charge on any atom is 0.282 e. The maximum absolute atomic E-state index is 13.8. The van der Waals surface area contributed by atoms with E-state index in [4.69, 9.17) is 16.3 Å². The molecule has 1 aliphatic heterocycles. The molecule has 1 N–H and O–H groups in total. The van der Waals surface area contributed by atoms with Crippen LogP contribution in [-0.2, 0) is 9.59 Å². The second-order valence-electron chi connectivity index (χ2n) is 8.28. The van der Waals surface area contributed by atoms with Gasteiger partial charge in [-0.2, -0.15) is 0 Å². The molecule has 33 heavy (non-hydrogen) atoms. The molecular formula is C27H25ClN2O3. The lowest BCUT2D eigenvalue weighted by molar-refractivity contribution is -0.120. The van der Waals surface area contributed by atoms with E-state index in [-0.39, 0.29) is 5.70 Å². The molecule has 0 aliphatic carbocycles. The van der Waals surface area contributed by atoms with Crippen molar-refractivity contribution in [2.24, 2.45) is 0 Å². The Kier molecular flexibility index (Phi) is 6.00. The fourth-order valence-electron chi connectivity index (χ4n) is 4.00. The Balaban J connectivity index is 1.90. The highest BCUT2D eigenvalue weighted by atomic mass is 35.5. The zero-order chi connectivity index (χ0) is 23.9. The lowest BCUT2D eigenvalue weighted by Crippen LogP contribution is -2.32. The second-order valence-corrected chi connectivity index (χ2v) is 8.69. The van der Waals surface area contributed by atoms with Gasteiger partial charge in [-0.15, -0.1) is 0 Å². The van der Waals surface area contributed by atoms with E-state index >= 15 is 0 Å². The molecule has 0 unspecified atom stereocenters. The van der Waals surface area contributed by atoms with Crippen LogP contribution in [0.3, 0.4) is 0 Å². The Morgan fingerprint density at radius 2 is 1.52 bits per heavy atom. The summed E-state index contributed by atoms with van der Waals surface area (Å²) in [7, 11) is 1.52. The summed E-state index contributed by atoms with van der Waals surface area (Å²) in [4.78, 5) is 28.7. The lowest BCUT2D eigenvalue weighted by Gasteiger charge is -2.19. The number of halogens is 1. The topological polar surface area (TPSA) is 58.6 Å². The SMILES string of the molecule is COc1ccc(C)cc1N1C(=O)C(Nc2ccc(C)c(Cl)c2)=C(c2ccc(C)cc2C)C1=O. The number of benzene rings is 3. The molecular weight excluding hydrogens is 436 g/mol. The monoisotopic (exact) mass is 460 g/mol. The number of nitrogens with zero attached hydrogens (tertiary/aromatic N) is 1. The predicted octanol–water partition coefficient (Wildman–Crippen LogP) is 5.98. The van der Waals surface area contributed by atoms with Crippen LogP contribution < -0.4 is 15.0 Å². The van der Waals surface area contributed by atoms with Crippen LogP contribution >= 0.6 is 11.6 Å². The lowest BCUT2D eigenvalue weighted by atomic mass is 9.97. The number of carbonyl (C=O) groups is 2. The molecule has 4 rings (SSSR count). The summed E-state index contributed by atoms with van der Waals surface area (Å²) in [5.41, 5.74) is 6.07. The van der Waals surface area contributed by atoms with E-state index in [0.717, 1.165) is 22.3 Å². The number of carbonyl (C=O) groups excluding carboxylic acids is 2. The molecule has 2 amide bonds. The van der Waals surface area contributed by atoms with Crippen LogP contribution in [0.4, 0.5) is 11.4 Å². The van der Waals surface area contributed by atoms with E-state index in [2.05, 4.69) is 5.32 Å². The van der Waals surface area contributed by atoms with Gasteiger partial charge in [0.05, 0.1) is 18.4 Å². The van der Waals surface area contributed by atoms with Gasteiger partial charge in [-0.1, -0.05) is 47.5 Å². The molecule has 168 valence electrons. The van der Waals surface area contributed by atoms with E-state index in [1.54, 1.807) is 18.2 Å². The quantitative estimate of drug-likeness (QED) is 0.476. The summed E-state index contributed by atoms with van der Waals surface area (Å²) >= 11 is 6.31. The van der Waals surface area contributed by atoms with Crippen molar-refractivity contribution in [2.75, 3.05) is 17.3 Å². The van der Waals surface area contributed by atoms with Gasteiger partial charge in [0.1, 0.15) is 11.4 Å². The number of imide groups is 1. The summed E-state index contributed by atoms with van der Waals surface area (Å²) < 4.78 is 5.47. The minimum atomic E-state index is -0.449. The van der Waals surface area contributed by atoms with Gasteiger partial charge in [0.2, 0.25) is 0 Å². The molecule has 0 radical (unpaired) electrons. The van der Waals surface area contributed by atoms with Crippen molar-refractivity contribution in [1.82, 2.24) is 0 Å². The van der Waals surface area contributed by atoms with E-state index in [9.17, 15) is 9.59 Å². The van der Waals surface area contributed by atoms with Crippen molar-refractivity contribution in [3.05, 3.63) is 93.1 Å². The van der Waals surface area contributed by atoms with Crippen molar-refractivity contribution in [1.29, 1.82) is 0 Å². The molecule has 3 aromatic carbocycles. The maximum atomic E-state index is 13.8. The number of anilines is 2. The number of methoxy groups -OCH3 is 1. The number of hydrogen-bond donors (Lipinski definition) is 1. The molecule has 0 saturated carbocycles. The van der Waals surface area contributed by atoms with Gasteiger partial charge in [-0.25, -0.2) is 4.90 Å². The predicted molar refractivity (Wildman–Crippen MR) is 133 cm³/mol.